The average Bonchev–Trinajstić information content (AvgIpc) is 2.69. The summed E-state index contributed by atoms with van der Waals surface area (Å²) in [5, 5.41) is 0.724. The quantitative estimate of drug-likeness (QED) is 0.647. The molecular formula is C12H15ClN4. The minimum absolute atomic E-state index is 0.132. The van der Waals surface area contributed by atoms with Crippen molar-refractivity contribution >= 4 is 11.6 Å². The smallest absolute Gasteiger partial charge is 0.131 e. The molecule has 17 heavy (non-hydrogen) atoms. The van der Waals surface area contributed by atoms with Gasteiger partial charge in [-0.2, -0.15) is 0 Å². The van der Waals surface area contributed by atoms with Crippen molar-refractivity contribution in [1.29, 1.82) is 0 Å². The summed E-state index contributed by atoms with van der Waals surface area (Å²) in [6.07, 6.45) is 3.65. The van der Waals surface area contributed by atoms with Crippen LogP contribution < -0.4 is 11.3 Å². The molecule has 0 saturated heterocycles. The zero-order valence-corrected chi connectivity index (χ0v) is 10.6. The zero-order valence-electron chi connectivity index (χ0n) is 9.81. The maximum Gasteiger partial charge on any atom is 0.131 e. The highest BCUT2D eigenvalue weighted by Crippen LogP contribution is 2.25. The number of rotatable bonds is 3. The first kappa shape index (κ1) is 12.1. The molecule has 5 heteroatoms. The maximum atomic E-state index is 5.95. The summed E-state index contributed by atoms with van der Waals surface area (Å²) >= 11 is 5.95. The van der Waals surface area contributed by atoms with E-state index < -0.39 is 0 Å². The molecule has 2 aromatic rings. The van der Waals surface area contributed by atoms with E-state index in [1.165, 1.54) is 0 Å². The first-order valence-electron chi connectivity index (χ1n) is 5.33. The second-order valence-corrected chi connectivity index (χ2v) is 4.43. The molecular weight excluding hydrogens is 236 g/mol. The number of halogens is 1. The Balaban J connectivity index is 2.46. The molecule has 1 aromatic heterocycles. The summed E-state index contributed by atoms with van der Waals surface area (Å²) in [5.74, 6) is 6.51. The second-order valence-electron chi connectivity index (χ2n) is 4.00. The van der Waals surface area contributed by atoms with Crippen LogP contribution in [0.25, 0.3) is 0 Å². The van der Waals surface area contributed by atoms with Crippen molar-refractivity contribution in [3.05, 3.63) is 52.6 Å². The number of hydrogen-bond donors (Lipinski definition) is 2. The highest BCUT2D eigenvalue weighted by molar-refractivity contribution is 6.30. The molecule has 0 bridgehead atoms. The van der Waals surface area contributed by atoms with Gasteiger partial charge in [0, 0.05) is 24.5 Å². The van der Waals surface area contributed by atoms with Crippen LogP contribution in [0.3, 0.4) is 0 Å². The van der Waals surface area contributed by atoms with Crippen molar-refractivity contribution in [3.63, 3.8) is 0 Å². The van der Waals surface area contributed by atoms with E-state index in [4.69, 9.17) is 17.4 Å². The number of hydrogen-bond acceptors (Lipinski definition) is 3. The minimum atomic E-state index is -0.132. The lowest BCUT2D eigenvalue weighted by Crippen LogP contribution is -2.31. The van der Waals surface area contributed by atoms with Gasteiger partial charge in [-0.05, 0) is 30.2 Å². The number of nitrogens with one attached hydrogen (secondary N) is 1. The summed E-state index contributed by atoms with van der Waals surface area (Å²) in [5.41, 5.74) is 4.96. The molecule has 0 amide bonds. The molecule has 4 nitrogen and oxygen atoms in total. The van der Waals surface area contributed by atoms with Crippen molar-refractivity contribution in [2.45, 2.75) is 13.0 Å². The Hall–Kier alpha value is -1.36. The molecule has 1 atom stereocenters. The molecule has 0 aliphatic carbocycles. The monoisotopic (exact) mass is 250 g/mol. The zero-order chi connectivity index (χ0) is 12.4. The Labute approximate surface area is 105 Å². The summed E-state index contributed by atoms with van der Waals surface area (Å²) in [4.78, 5) is 4.31. The lowest BCUT2D eigenvalue weighted by atomic mass is 10.0. The summed E-state index contributed by atoms with van der Waals surface area (Å²) in [6.45, 7) is 2.01. The van der Waals surface area contributed by atoms with Gasteiger partial charge in [-0.3, -0.25) is 5.84 Å². The van der Waals surface area contributed by atoms with E-state index in [0.29, 0.717) is 0 Å². The van der Waals surface area contributed by atoms with Gasteiger partial charge in [0.25, 0.3) is 0 Å². The maximum absolute atomic E-state index is 5.95. The fraction of sp³-hybridized carbons (Fsp3) is 0.250. The van der Waals surface area contributed by atoms with E-state index in [1.54, 1.807) is 6.20 Å². The molecule has 1 heterocycles. The summed E-state index contributed by atoms with van der Waals surface area (Å²) in [7, 11) is 1.94. The topological polar surface area (TPSA) is 55.9 Å². The van der Waals surface area contributed by atoms with Crippen LogP contribution in [0.2, 0.25) is 5.02 Å². The van der Waals surface area contributed by atoms with Crippen LogP contribution in [0.4, 0.5) is 0 Å². The Morgan fingerprint density at radius 2 is 2.24 bits per heavy atom. The van der Waals surface area contributed by atoms with Crippen molar-refractivity contribution in [3.8, 4) is 0 Å². The molecule has 0 radical (unpaired) electrons. The van der Waals surface area contributed by atoms with Crippen LogP contribution in [-0.4, -0.2) is 9.55 Å². The Kier molecular flexibility index (Phi) is 3.47. The average molecular weight is 251 g/mol. The van der Waals surface area contributed by atoms with Gasteiger partial charge in [0.05, 0.1) is 0 Å². The third kappa shape index (κ3) is 2.34. The van der Waals surface area contributed by atoms with E-state index in [9.17, 15) is 0 Å². The SMILES string of the molecule is Cc1cc(Cl)ccc1C(NN)c1nccn1C. The van der Waals surface area contributed by atoms with E-state index in [1.807, 2.05) is 42.9 Å². The van der Waals surface area contributed by atoms with E-state index in [0.717, 1.165) is 22.0 Å². The predicted molar refractivity (Wildman–Crippen MR) is 68.6 cm³/mol. The standard InChI is InChI=1S/C12H15ClN4/c1-8-7-9(13)3-4-10(8)11(16-14)12-15-5-6-17(12)2/h3-7,11,16H,14H2,1-2H3. The normalized spacial score (nSPS) is 12.7. The van der Waals surface area contributed by atoms with Crippen molar-refractivity contribution in [1.82, 2.24) is 15.0 Å². The van der Waals surface area contributed by atoms with Crippen molar-refractivity contribution in [2.75, 3.05) is 0 Å². The lowest BCUT2D eigenvalue weighted by Gasteiger charge is -2.18. The fourth-order valence-corrected chi connectivity index (χ4v) is 2.15. The first-order chi connectivity index (χ1) is 8.13. The molecule has 1 aromatic carbocycles. The van der Waals surface area contributed by atoms with E-state index in [-0.39, 0.29) is 6.04 Å². The minimum Gasteiger partial charge on any atom is -0.336 e. The van der Waals surface area contributed by atoms with Crippen LogP contribution >= 0.6 is 11.6 Å². The number of aromatic nitrogens is 2. The third-order valence-corrected chi connectivity index (χ3v) is 3.06. The Morgan fingerprint density at radius 3 is 2.76 bits per heavy atom. The molecule has 3 N–H and O–H groups in total. The number of nitrogens with zero attached hydrogens (tertiary/aromatic N) is 2. The molecule has 0 aliphatic heterocycles. The van der Waals surface area contributed by atoms with Crippen LogP contribution in [0, 0.1) is 6.92 Å². The van der Waals surface area contributed by atoms with Crippen molar-refractivity contribution < 1.29 is 0 Å². The highest BCUT2D eigenvalue weighted by Gasteiger charge is 2.18. The van der Waals surface area contributed by atoms with Crippen LogP contribution in [0.1, 0.15) is 23.0 Å². The van der Waals surface area contributed by atoms with Crippen LogP contribution in [-0.2, 0) is 7.05 Å². The second kappa shape index (κ2) is 4.87. The predicted octanol–water partition coefficient (Wildman–Crippen LogP) is 1.93. The van der Waals surface area contributed by atoms with E-state index in [2.05, 4.69) is 10.4 Å². The summed E-state index contributed by atoms with van der Waals surface area (Å²) < 4.78 is 1.94. The van der Waals surface area contributed by atoms with Gasteiger partial charge in [-0.15, -0.1) is 0 Å². The number of imidazole rings is 1. The van der Waals surface area contributed by atoms with Gasteiger partial charge in [0.15, 0.2) is 0 Å². The number of hydrazine groups is 1. The van der Waals surface area contributed by atoms with Gasteiger partial charge in [-0.25, -0.2) is 10.4 Å². The number of benzene rings is 1. The largest absolute Gasteiger partial charge is 0.336 e. The van der Waals surface area contributed by atoms with Crippen LogP contribution in [0.5, 0.6) is 0 Å². The number of aryl methyl sites for hydroxylation is 2. The van der Waals surface area contributed by atoms with Gasteiger partial charge >= 0.3 is 0 Å². The summed E-state index contributed by atoms with van der Waals surface area (Å²) in [6, 6.07) is 5.62. The first-order valence-corrected chi connectivity index (χ1v) is 5.70. The van der Waals surface area contributed by atoms with Gasteiger partial charge in [0.2, 0.25) is 0 Å². The molecule has 0 fully saturated rings. The van der Waals surface area contributed by atoms with Gasteiger partial charge in [-0.1, -0.05) is 17.7 Å². The molecule has 1 unspecified atom stereocenters. The van der Waals surface area contributed by atoms with Crippen molar-refractivity contribution in [2.24, 2.45) is 12.9 Å². The molecule has 90 valence electrons. The Bertz CT molecular complexity index is 521. The van der Waals surface area contributed by atoms with Gasteiger partial charge < -0.3 is 4.57 Å². The molecule has 0 aliphatic rings. The van der Waals surface area contributed by atoms with Crippen LogP contribution in [0.15, 0.2) is 30.6 Å². The van der Waals surface area contributed by atoms with Gasteiger partial charge in [0.1, 0.15) is 11.9 Å². The fourth-order valence-electron chi connectivity index (χ4n) is 1.92. The lowest BCUT2D eigenvalue weighted by molar-refractivity contribution is 0.577. The molecule has 2 rings (SSSR count). The Morgan fingerprint density at radius 1 is 1.47 bits per heavy atom. The molecule has 0 spiro atoms. The molecule has 0 saturated carbocycles. The third-order valence-electron chi connectivity index (χ3n) is 2.83. The highest BCUT2D eigenvalue weighted by atomic mass is 35.5. The number of nitrogens with two attached hydrogens (primary N) is 1. The van der Waals surface area contributed by atoms with E-state index >= 15 is 0 Å².